The number of aromatic nitrogens is 2. The molecule has 2 aromatic rings. The standard InChI is InChI=1S/C14H16N4O/c1-19-11-7-16-14(17-8-11)18-6-5-10-3-2-4-13(15)12(10)9-18/h2-4,7-8H,5-6,9,15H2,1H3. The molecule has 0 amide bonds. The van der Waals surface area contributed by atoms with Gasteiger partial charge < -0.3 is 15.4 Å². The van der Waals surface area contributed by atoms with Gasteiger partial charge in [0.1, 0.15) is 0 Å². The molecule has 0 fully saturated rings. The summed E-state index contributed by atoms with van der Waals surface area (Å²) < 4.78 is 5.07. The number of fused-ring (bicyclic) bond motifs is 1. The highest BCUT2D eigenvalue weighted by Gasteiger charge is 2.19. The fourth-order valence-corrected chi connectivity index (χ4v) is 2.36. The maximum absolute atomic E-state index is 6.04. The fourth-order valence-electron chi connectivity index (χ4n) is 2.36. The van der Waals surface area contributed by atoms with Crippen LogP contribution in [0.5, 0.6) is 5.75 Å². The van der Waals surface area contributed by atoms with Crippen LogP contribution in [-0.2, 0) is 13.0 Å². The number of nitrogens with two attached hydrogens (primary N) is 1. The lowest BCUT2D eigenvalue weighted by Gasteiger charge is -2.29. The highest BCUT2D eigenvalue weighted by molar-refractivity contribution is 5.54. The number of hydrogen-bond acceptors (Lipinski definition) is 5. The number of methoxy groups -OCH3 is 1. The Balaban J connectivity index is 1.86. The van der Waals surface area contributed by atoms with Gasteiger partial charge in [-0.2, -0.15) is 0 Å². The van der Waals surface area contributed by atoms with Gasteiger partial charge in [0.15, 0.2) is 5.75 Å². The second kappa shape index (κ2) is 4.76. The maximum atomic E-state index is 6.04. The first-order valence-corrected chi connectivity index (χ1v) is 6.25. The molecule has 98 valence electrons. The molecule has 0 saturated carbocycles. The quantitative estimate of drug-likeness (QED) is 0.827. The van der Waals surface area contributed by atoms with Crippen molar-refractivity contribution in [2.24, 2.45) is 0 Å². The SMILES string of the molecule is COc1cnc(N2CCc3cccc(N)c3C2)nc1. The van der Waals surface area contributed by atoms with Crippen molar-refractivity contribution in [1.29, 1.82) is 0 Å². The van der Waals surface area contributed by atoms with Gasteiger partial charge in [0.05, 0.1) is 19.5 Å². The molecule has 5 nitrogen and oxygen atoms in total. The minimum atomic E-state index is 0.667. The number of nitrogen functional groups attached to an aromatic ring is 1. The molecule has 2 heterocycles. The Morgan fingerprint density at radius 2 is 2.05 bits per heavy atom. The van der Waals surface area contributed by atoms with Gasteiger partial charge in [-0.3, -0.25) is 0 Å². The van der Waals surface area contributed by atoms with Gasteiger partial charge in [-0.05, 0) is 23.6 Å². The van der Waals surface area contributed by atoms with E-state index in [4.69, 9.17) is 10.5 Å². The summed E-state index contributed by atoms with van der Waals surface area (Å²) >= 11 is 0. The summed E-state index contributed by atoms with van der Waals surface area (Å²) in [5.74, 6) is 1.38. The molecular weight excluding hydrogens is 240 g/mol. The Morgan fingerprint density at radius 1 is 1.26 bits per heavy atom. The van der Waals surface area contributed by atoms with E-state index >= 15 is 0 Å². The van der Waals surface area contributed by atoms with Crippen LogP contribution < -0.4 is 15.4 Å². The van der Waals surface area contributed by atoms with Gasteiger partial charge in [-0.1, -0.05) is 12.1 Å². The van der Waals surface area contributed by atoms with E-state index in [2.05, 4.69) is 20.9 Å². The van der Waals surface area contributed by atoms with Crippen LogP contribution in [0, 0.1) is 0 Å². The van der Waals surface area contributed by atoms with Crippen molar-refractivity contribution in [1.82, 2.24) is 9.97 Å². The third kappa shape index (κ3) is 2.19. The molecule has 1 aromatic carbocycles. The smallest absolute Gasteiger partial charge is 0.225 e. The first-order valence-electron chi connectivity index (χ1n) is 6.25. The molecule has 3 rings (SSSR count). The van der Waals surface area contributed by atoms with Crippen LogP contribution in [0.2, 0.25) is 0 Å². The Hall–Kier alpha value is -2.30. The van der Waals surface area contributed by atoms with E-state index in [1.165, 1.54) is 11.1 Å². The number of rotatable bonds is 2. The third-order valence-electron chi connectivity index (χ3n) is 3.44. The predicted molar refractivity (Wildman–Crippen MR) is 74.2 cm³/mol. The summed E-state index contributed by atoms with van der Waals surface area (Å²) in [7, 11) is 1.61. The first-order chi connectivity index (χ1) is 9.28. The molecule has 1 aromatic heterocycles. The second-order valence-electron chi connectivity index (χ2n) is 4.58. The zero-order chi connectivity index (χ0) is 13.2. The summed E-state index contributed by atoms with van der Waals surface area (Å²) in [6.07, 6.45) is 4.34. The molecule has 0 spiro atoms. The van der Waals surface area contributed by atoms with E-state index in [0.717, 1.165) is 31.1 Å². The molecule has 0 unspecified atom stereocenters. The molecule has 0 radical (unpaired) electrons. The van der Waals surface area contributed by atoms with Gasteiger partial charge in [-0.25, -0.2) is 9.97 Å². The molecule has 19 heavy (non-hydrogen) atoms. The van der Waals surface area contributed by atoms with E-state index in [1.807, 2.05) is 12.1 Å². The minimum absolute atomic E-state index is 0.667. The molecule has 2 N–H and O–H groups in total. The number of anilines is 2. The normalized spacial score (nSPS) is 14.1. The van der Waals surface area contributed by atoms with Gasteiger partial charge in [-0.15, -0.1) is 0 Å². The van der Waals surface area contributed by atoms with E-state index in [9.17, 15) is 0 Å². The lowest BCUT2D eigenvalue weighted by molar-refractivity contribution is 0.410. The molecule has 0 saturated heterocycles. The van der Waals surface area contributed by atoms with Crippen molar-refractivity contribution in [3.05, 3.63) is 41.7 Å². The Labute approximate surface area is 112 Å². The molecule has 0 atom stereocenters. The molecule has 1 aliphatic rings. The lowest BCUT2D eigenvalue weighted by Crippen LogP contribution is -2.32. The van der Waals surface area contributed by atoms with E-state index < -0.39 is 0 Å². The van der Waals surface area contributed by atoms with Crippen LogP contribution in [0.25, 0.3) is 0 Å². The van der Waals surface area contributed by atoms with Crippen molar-refractivity contribution >= 4 is 11.6 Å². The van der Waals surface area contributed by atoms with Crippen molar-refractivity contribution in [3.8, 4) is 5.75 Å². The summed E-state index contributed by atoms with van der Waals surface area (Å²) in [6, 6.07) is 6.09. The summed E-state index contributed by atoms with van der Waals surface area (Å²) in [5.41, 5.74) is 9.40. The van der Waals surface area contributed by atoms with E-state index in [0.29, 0.717) is 5.75 Å². The van der Waals surface area contributed by atoms with Gasteiger partial charge in [0.2, 0.25) is 5.95 Å². The number of ether oxygens (including phenoxy) is 1. The van der Waals surface area contributed by atoms with E-state index in [-0.39, 0.29) is 0 Å². The second-order valence-corrected chi connectivity index (χ2v) is 4.58. The highest BCUT2D eigenvalue weighted by atomic mass is 16.5. The van der Waals surface area contributed by atoms with Crippen LogP contribution >= 0.6 is 0 Å². The fraction of sp³-hybridized carbons (Fsp3) is 0.286. The molecule has 5 heteroatoms. The van der Waals surface area contributed by atoms with Gasteiger partial charge >= 0.3 is 0 Å². The van der Waals surface area contributed by atoms with Crippen LogP contribution in [-0.4, -0.2) is 23.6 Å². The van der Waals surface area contributed by atoms with Gasteiger partial charge in [0, 0.05) is 18.8 Å². The lowest BCUT2D eigenvalue weighted by atomic mass is 9.98. The average molecular weight is 256 g/mol. The summed E-state index contributed by atoms with van der Waals surface area (Å²) in [6.45, 7) is 1.66. The van der Waals surface area contributed by atoms with Crippen molar-refractivity contribution < 1.29 is 4.74 Å². The van der Waals surface area contributed by atoms with Crippen LogP contribution in [0.3, 0.4) is 0 Å². The Kier molecular flexibility index (Phi) is 2.95. The number of benzene rings is 1. The molecule has 1 aliphatic heterocycles. The van der Waals surface area contributed by atoms with Crippen molar-refractivity contribution in [3.63, 3.8) is 0 Å². The highest BCUT2D eigenvalue weighted by Crippen LogP contribution is 2.26. The summed E-state index contributed by atoms with van der Waals surface area (Å²) in [4.78, 5) is 10.8. The predicted octanol–water partition coefficient (Wildman–Crippen LogP) is 1.63. The van der Waals surface area contributed by atoms with Crippen molar-refractivity contribution in [2.75, 3.05) is 24.3 Å². The molecule has 0 aliphatic carbocycles. The van der Waals surface area contributed by atoms with Crippen LogP contribution in [0.1, 0.15) is 11.1 Å². The summed E-state index contributed by atoms with van der Waals surface area (Å²) in [5, 5.41) is 0. The maximum Gasteiger partial charge on any atom is 0.225 e. The first kappa shape index (κ1) is 11.8. The third-order valence-corrected chi connectivity index (χ3v) is 3.44. The largest absolute Gasteiger partial charge is 0.494 e. The minimum Gasteiger partial charge on any atom is -0.494 e. The van der Waals surface area contributed by atoms with E-state index in [1.54, 1.807) is 19.5 Å². The van der Waals surface area contributed by atoms with Crippen LogP contribution in [0.15, 0.2) is 30.6 Å². The number of hydrogen-bond donors (Lipinski definition) is 1. The zero-order valence-corrected chi connectivity index (χ0v) is 10.8. The van der Waals surface area contributed by atoms with Gasteiger partial charge in [0.25, 0.3) is 0 Å². The van der Waals surface area contributed by atoms with Crippen LogP contribution in [0.4, 0.5) is 11.6 Å². The molecule has 0 bridgehead atoms. The monoisotopic (exact) mass is 256 g/mol. The van der Waals surface area contributed by atoms with Crippen molar-refractivity contribution in [2.45, 2.75) is 13.0 Å². The zero-order valence-electron chi connectivity index (χ0n) is 10.8. The molecular formula is C14H16N4O. The average Bonchev–Trinajstić information content (AvgIpc) is 2.47. The Bertz CT molecular complexity index is 582. The Morgan fingerprint density at radius 3 is 2.79 bits per heavy atom. The topological polar surface area (TPSA) is 64.3 Å². The number of nitrogens with zero attached hydrogens (tertiary/aromatic N) is 3.